The van der Waals surface area contributed by atoms with Crippen molar-refractivity contribution in [2.24, 2.45) is 0 Å². The Balaban J connectivity index is 2.00. The van der Waals surface area contributed by atoms with E-state index in [2.05, 4.69) is 20.9 Å². The molecule has 0 aliphatic heterocycles. The number of carboxylic acid groups (broad SMARTS) is 2. The number of aryl methyl sites for hydroxylation is 2. The molecule has 1 aromatic heterocycles. The standard InChI is InChI=1S/C18H24N6O5S/c1-10(25)20-16-22-13(14(30-16)9-19-2)8-5-11-3-6-12(7-4-11)21-15(23-17(26)27)24-18(28)29/h3-4,6-7,15,19,21,23-24H,5,8-9H2,1-2H3,(H,26,27)(H,28,29)(H,20,22,25). The van der Waals surface area contributed by atoms with E-state index in [4.69, 9.17) is 10.2 Å². The first-order valence-electron chi connectivity index (χ1n) is 9.02. The number of rotatable bonds is 10. The summed E-state index contributed by atoms with van der Waals surface area (Å²) < 4.78 is 0. The van der Waals surface area contributed by atoms with Gasteiger partial charge in [-0.1, -0.05) is 12.1 Å². The molecule has 2 aromatic rings. The molecule has 0 aliphatic carbocycles. The number of thiazole rings is 1. The van der Waals surface area contributed by atoms with E-state index in [1.807, 2.05) is 29.8 Å². The van der Waals surface area contributed by atoms with Gasteiger partial charge in [-0.15, -0.1) is 11.3 Å². The summed E-state index contributed by atoms with van der Waals surface area (Å²) in [6.45, 7) is 2.10. The quantitative estimate of drug-likeness (QED) is 0.277. The average molecular weight is 436 g/mol. The van der Waals surface area contributed by atoms with E-state index in [-0.39, 0.29) is 5.91 Å². The third-order valence-electron chi connectivity index (χ3n) is 3.85. The Kier molecular flexibility index (Phi) is 8.38. The van der Waals surface area contributed by atoms with Crippen molar-refractivity contribution < 1.29 is 24.6 Å². The number of amides is 3. The van der Waals surface area contributed by atoms with Crippen molar-refractivity contribution in [3.8, 4) is 0 Å². The van der Waals surface area contributed by atoms with Crippen molar-refractivity contribution in [1.82, 2.24) is 20.9 Å². The first-order valence-corrected chi connectivity index (χ1v) is 9.83. The van der Waals surface area contributed by atoms with Crippen molar-refractivity contribution in [3.05, 3.63) is 40.4 Å². The average Bonchev–Trinajstić information content (AvgIpc) is 3.01. The summed E-state index contributed by atoms with van der Waals surface area (Å²) in [5.74, 6) is -0.164. The van der Waals surface area contributed by atoms with Crippen LogP contribution in [0.15, 0.2) is 24.3 Å². The number of nitrogens with one attached hydrogen (secondary N) is 5. The highest BCUT2D eigenvalue weighted by Gasteiger charge is 2.14. The third kappa shape index (κ3) is 7.56. The van der Waals surface area contributed by atoms with E-state index in [0.29, 0.717) is 30.2 Å². The van der Waals surface area contributed by atoms with Gasteiger partial charge in [0.25, 0.3) is 0 Å². The van der Waals surface area contributed by atoms with E-state index in [1.54, 1.807) is 12.1 Å². The molecule has 30 heavy (non-hydrogen) atoms. The topological polar surface area (TPSA) is 165 Å². The molecule has 0 saturated carbocycles. The Morgan fingerprint density at radius 2 is 1.70 bits per heavy atom. The Morgan fingerprint density at radius 3 is 2.23 bits per heavy atom. The van der Waals surface area contributed by atoms with Crippen molar-refractivity contribution >= 4 is 40.2 Å². The van der Waals surface area contributed by atoms with Gasteiger partial charge in [0.05, 0.1) is 5.69 Å². The molecule has 3 amide bonds. The lowest BCUT2D eigenvalue weighted by atomic mass is 10.1. The normalized spacial score (nSPS) is 10.5. The molecule has 7 N–H and O–H groups in total. The van der Waals surface area contributed by atoms with Crippen LogP contribution in [0.4, 0.5) is 20.4 Å². The van der Waals surface area contributed by atoms with Gasteiger partial charge in [-0.05, 0) is 37.6 Å². The Bertz CT molecular complexity index is 870. The molecule has 0 atom stereocenters. The summed E-state index contributed by atoms with van der Waals surface area (Å²) in [4.78, 5) is 38.4. The van der Waals surface area contributed by atoms with Crippen LogP contribution in [0.1, 0.15) is 23.1 Å². The van der Waals surface area contributed by atoms with E-state index in [1.165, 1.54) is 18.3 Å². The van der Waals surface area contributed by atoms with Gasteiger partial charge in [0.15, 0.2) is 11.4 Å². The molecular formula is C18H24N6O5S. The maximum atomic E-state index is 11.3. The fraction of sp³-hybridized carbons (Fsp3) is 0.333. The SMILES string of the molecule is CNCc1sc(NC(C)=O)nc1CCc1ccc(NC(NC(=O)O)NC(=O)O)cc1. The lowest BCUT2D eigenvalue weighted by Gasteiger charge is -2.19. The molecule has 0 bridgehead atoms. The Labute approximate surface area is 176 Å². The predicted molar refractivity (Wildman–Crippen MR) is 113 cm³/mol. The van der Waals surface area contributed by atoms with Gasteiger partial charge in [-0.25, -0.2) is 14.6 Å². The first-order chi connectivity index (χ1) is 14.3. The molecule has 0 spiro atoms. The summed E-state index contributed by atoms with van der Waals surface area (Å²) in [7, 11) is 1.85. The number of hydrogen-bond acceptors (Lipinski definition) is 7. The molecule has 162 valence electrons. The molecule has 0 saturated heterocycles. The van der Waals surface area contributed by atoms with Gasteiger partial charge in [0.2, 0.25) is 5.91 Å². The van der Waals surface area contributed by atoms with Crippen LogP contribution in [0.3, 0.4) is 0 Å². The minimum atomic E-state index is -1.36. The van der Waals surface area contributed by atoms with Gasteiger partial charge in [-0.3, -0.25) is 15.4 Å². The molecule has 1 aromatic carbocycles. The maximum absolute atomic E-state index is 11.3. The largest absolute Gasteiger partial charge is 0.465 e. The molecule has 11 nitrogen and oxygen atoms in total. The highest BCUT2D eigenvalue weighted by Crippen LogP contribution is 2.24. The molecule has 12 heteroatoms. The second-order valence-electron chi connectivity index (χ2n) is 6.27. The van der Waals surface area contributed by atoms with Gasteiger partial charge in [0.1, 0.15) is 0 Å². The van der Waals surface area contributed by atoms with Crippen LogP contribution in [0, 0.1) is 0 Å². The van der Waals surface area contributed by atoms with Crippen LogP contribution in [0.25, 0.3) is 0 Å². The van der Waals surface area contributed by atoms with E-state index < -0.39 is 18.5 Å². The molecule has 0 aliphatic rings. The number of anilines is 2. The van der Waals surface area contributed by atoms with Crippen molar-refractivity contribution in [2.75, 3.05) is 17.7 Å². The van der Waals surface area contributed by atoms with Crippen LogP contribution in [0.2, 0.25) is 0 Å². The van der Waals surface area contributed by atoms with Crippen LogP contribution < -0.4 is 26.6 Å². The smallest absolute Gasteiger partial charge is 0.407 e. The number of nitrogens with zero attached hydrogens (tertiary/aromatic N) is 1. The summed E-state index contributed by atoms with van der Waals surface area (Å²) >= 11 is 1.44. The lowest BCUT2D eigenvalue weighted by Crippen LogP contribution is -2.52. The van der Waals surface area contributed by atoms with E-state index in [0.717, 1.165) is 16.1 Å². The molecule has 2 rings (SSSR count). The van der Waals surface area contributed by atoms with Crippen LogP contribution >= 0.6 is 11.3 Å². The zero-order valence-electron chi connectivity index (χ0n) is 16.5. The van der Waals surface area contributed by atoms with E-state index >= 15 is 0 Å². The van der Waals surface area contributed by atoms with Crippen LogP contribution in [-0.2, 0) is 24.2 Å². The monoisotopic (exact) mass is 436 g/mol. The van der Waals surface area contributed by atoms with E-state index in [9.17, 15) is 14.4 Å². The molecule has 0 fully saturated rings. The lowest BCUT2D eigenvalue weighted by molar-refractivity contribution is -0.114. The summed E-state index contributed by atoms with van der Waals surface area (Å²) in [6.07, 6.45) is -2.51. The number of carbonyl (C=O) groups is 3. The van der Waals surface area contributed by atoms with Gasteiger partial charge < -0.3 is 26.2 Å². The number of aromatic nitrogens is 1. The van der Waals surface area contributed by atoms with Gasteiger partial charge in [0, 0.05) is 24.0 Å². The predicted octanol–water partition coefficient (Wildman–Crippen LogP) is 1.84. The summed E-state index contributed by atoms with van der Waals surface area (Å²) in [6, 6.07) is 7.18. The van der Waals surface area contributed by atoms with Crippen LogP contribution in [-0.4, -0.2) is 46.6 Å². The van der Waals surface area contributed by atoms with Gasteiger partial charge in [-0.2, -0.15) is 0 Å². The maximum Gasteiger partial charge on any atom is 0.407 e. The fourth-order valence-electron chi connectivity index (χ4n) is 2.63. The van der Waals surface area contributed by atoms with Crippen molar-refractivity contribution in [2.45, 2.75) is 32.6 Å². The molecular weight excluding hydrogens is 412 g/mol. The zero-order valence-corrected chi connectivity index (χ0v) is 17.3. The Morgan fingerprint density at radius 1 is 1.07 bits per heavy atom. The third-order valence-corrected chi connectivity index (χ3v) is 4.86. The Hall–Kier alpha value is -3.38. The minimum absolute atomic E-state index is 0.164. The number of hydrogen-bond donors (Lipinski definition) is 7. The second kappa shape index (κ2) is 11.0. The summed E-state index contributed by atoms with van der Waals surface area (Å²) in [5, 5.41) is 30.8. The number of carbonyl (C=O) groups excluding carboxylic acids is 1. The highest BCUT2D eigenvalue weighted by molar-refractivity contribution is 7.15. The first kappa shape index (κ1) is 22.9. The molecule has 1 heterocycles. The van der Waals surface area contributed by atoms with Crippen molar-refractivity contribution in [3.63, 3.8) is 0 Å². The second-order valence-corrected chi connectivity index (χ2v) is 7.36. The minimum Gasteiger partial charge on any atom is -0.465 e. The summed E-state index contributed by atoms with van der Waals surface area (Å²) in [5.41, 5.74) is 2.49. The zero-order chi connectivity index (χ0) is 22.1. The van der Waals surface area contributed by atoms with Gasteiger partial charge >= 0.3 is 12.2 Å². The number of benzene rings is 1. The highest BCUT2D eigenvalue weighted by atomic mass is 32.1. The molecule has 0 unspecified atom stereocenters. The fourth-order valence-corrected chi connectivity index (χ4v) is 3.70. The van der Waals surface area contributed by atoms with Crippen molar-refractivity contribution in [1.29, 1.82) is 0 Å². The van der Waals surface area contributed by atoms with Crippen LogP contribution in [0.5, 0.6) is 0 Å². The molecule has 0 radical (unpaired) electrons.